The number of aromatic nitrogens is 3. The van der Waals surface area contributed by atoms with Crippen molar-refractivity contribution in [2.45, 2.75) is 68.9 Å². The highest BCUT2D eigenvalue weighted by Gasteiger charge is 2.45. The summed E-state index contributed by atoms with van der Waals surface area (Å²) in [6, 6.07) is 2.86. The molecule has 1 aliphatic carbocycles. The molecule has 0 spiro atoms. The number of alkyl halides is 3. The van der Waals surface area contributed by atoms with Gasteiger partial charge in [-0.1, -0.05) is 17.4 Å². The molecule has 0 bridgehead atoms. The van der Waals surface area contributed by atoms with Crippen molar-refractivity contribution in [1.29, 1.82) is 0 Å². The Hall–Kier alpha value is -2.06. The first-order valence-corrected chi connectivity index (χ1v) is 12.3. The van der Waals surface area contributed by atoms with Gasteiger partial charge in [-0.3, -0.25) is 0 Å². The molecule has 180 valence electrons. The molecule has 0 amide bonds. The summed E-state index contributed by atoms with van der Waals surface area (Å²) in [5.41, 5.74) is -2.63. The summed E-state index contributed by atoms with van der Waals surface area (Å²) in [5, 5.41) is 24.5. The van der Waals surface area contributed by atoms with Gasteiger partial charge in [-0.25, -0.2) is 22.6 Å². The molecule has 0 unspecified atom stereocenters. The molecule has 0 atom stereocenters. The van der Waals surface area contributed by atoms with Crippen LogP contribution >= 0.6 is 11.3 Å². The summed E-state index contributed by atoms with van der Waals surface area (Å²) >= 11 is 1.13. The van der Waals surface area contributed by atoms with Crippen molar-refractivity contribution in [2.75, 3.05) is 0 Å². The number of hydrogen-bond acceptors (Lipinski definition) is 7. The zero-order valence-corrected chi connectivity index (χ0v) is 19.9. The number of nitrogens with zero attached hydrogens (tertiary/aromatic N) is 3. The first-order valence-electron chi connectivity index (χ1n) is 10.0. The standard InChI is InChI=1S/C20H23F3N4O4S2/c1-10-15(27-17(24-10)32-16(25-27)18(2,3)29)11-5-6-13(20(21,22)23)14(7-11)33(30,31)26-19(4)8-12(28)9-19/h5-7,12,26,28-29H,8-9H2,1-4H3. The Kier molecular flexibility index (Phi) is 5.45. The van der Waals surface area contributed by atoms with Gasteiger partial charge in [-0.2, -0.15) is 18.3 Å². The van der Waals surface area contributed by atoms with E-state index in [1.807, 2.05) is 0 Å². The molecule has 1 saturated carbocycles. The second-order valence-corrected chi connectivity index (χ2v) is 11.8. The molecule has 33 heavy (non-hydrogen) atoms. The Labute approximate surface area is 192 Å². The number of nitrogens with one attached hydrogen (secondary N) is 1. The molecule has 2 heterocycles. The number of aryl methyl sites for hydroxylation is 1. The number of fused-ring (bicyclic) bond motifs is 1. The molecule has 4 rings (SSSR count). The third-order valence-corrected chi connectivity index (χ3v) is 8.40. The SMILES string of the molecule is Cc1nc2sc(C(C)(C)O)nn2c1-c1ccc(C(F)(F)F)c(S(=O)(=O)NC2(C)CC(O)C2)c1. The van der Waals surface area contributed by atoms with E-state index in [9.17, 15) is 31.8 Å². The van der Waals surface area contributed by atoms with Crippen LogP contribution in [-0.4, -0.2) is 44.9 Å². The number of aliphatic hydroxyl groups excluding tert-OH is 1. The van der Waals surface area contributed by atoms with Gasteiger partial charge < -0.3 is 10.2 Å². The van der Waals surface area contributed by atoms with Gasteiger partial charge in [0.05, 0.1) is 28.0 Å². The van der Waals surface area contributed by atoms with Gasteiger partial charge >= 0.3 is 6.18 Å². The summed E-state index contributed by atoms with van der Waals surface area (Å²) in [5.74, 6) is 0. The van der Waals surface area contributed by atoms with Crippen molar-refractivity contribution in [2.24, 2.45) is 0 Å². The fraction of sp³-hybridized carbons (Fsp3) is 0.500. The molecule has 0 aliphatic heterocycles. The van der Waals surface area contributed by atoms with Crippen molar-refractivity contribution in [3.63, 3.8) is 0 Å². The molecule has 0 radical (unpaired) electrons. The van der Waals surface area contributed by atoms with E-state index in [0.29, 0.717) is 21.4 Å². The summed E-state index contributed by atoms with van der Waals surface area (Å²) < 4.78 is 71.0. The minimum atomic E-state index is -4.90. The van der Waals surface area contributed by atoms with Gasteiger partial charge in [0.1, 0.15) is 10.6 Å². The van der Waals surface area contributed by atoms with E-state index in [1.54, 1.807) is 20.8 Å². The van der Waals surface area contributed by atoms with Crippen LogP contribution in [0.3, 0.4) is 0 Å². The zero-order valence-electron chi connectivity index (χ0n) is 18.2. The maximum Gasteiger partial charge on any atom is 0.417 e. The zero-order chi connectivity index (χ0) is 24.6. The Morgan fingerprint density at radius 1 is 1.27 bits per heavy atom. The summed E-state index contributed by atoms with van der Waals surface area (Å²) in [7, 11) is -4.58. The molecule has 2 aromatic heterocycles. The summed E-state index contributed by atoms with van der Waals surface area (Å²) in [4.78, 5) is 3.87. The van der Waals surface area contributed by atoms with Crippen molar-refractivity contribution < 1.29 is 31.8 Å². The van der Waals surface area contributed by atoms with Crippen LogP contribution in [0.4, 0.5) is 13.2 Å². The number of imidazole rings is 1. The monoisotopic (exact) mass is 504 g/mol. The molecule has 0 saturated heterocycles. The molecule has 1 aliphatic rings. The predicted molar refractivity (Wildman–Crippen MR) is 115 cm³/mol. The van der Waals surface area contributed by atoms with Crippen molar-refractivity contribution in [1.82, 2.24) is 19.3 Å². The van der Waals surface area contributed by atoms with E-state index in [0.717, 1.165) is 23.5 Å². The lowest BCUT2D eigenvalue weighted by molar-refractivity contribution is -0.139. The van der Waals surface area contributed by atoms with Gasteiger partial charge in [-0.05, 0) is 52.7 Å². The van der Waals surface area contributed by atoms with Crippen LogP contribution in [0.15, 0.2) is 23.1 Å². The van der Waals surface area contributed by atoms with Gasteiger partial charge in [-0.15, -0.1) is 0 Å². The second-order valence-electron chi connectivity index (χ2n) is 9.14. The smallest absolute Gasteiger partial charge is 0.393 e. The minimum absolute atomic E-state index is 0.105. The van der Waals surface area contributed by atoms with E-state index in [2.05, 4.69) is 14.8 Å². The Bertz CT molecular complexity index is 1330. The predicted octanol–water partition coefficient (Wildman–Crippen LogP) is 3.20. The summed E-state index contributed by atoms with van der Waals surface area (Å²) in [6.45, 7) is 6.27. The summed E-state index contributed by atoms with van der Waals surface area (Å²) in [6.07, 6.45) is -5.40. The number of sulfonamides is 1. The van der Waals surface area contributed by atoms with E-state index < -0.39 is 43.9 Å². The Morgan fingerprint density at radius 2 is 1.91 bits per heavy atom. The van der Waals surface area contributed by atoms with Crippen LogP contribution in [0.5, 0.6) is 0 Å². The molecular formula is C20H23F3N4O4S2. The normalized spacial score (nSPS) is 22.0. The number of benzene rings is 1. The van der Waals surface area contributed by atoms with Crippen LogP contribution < -0.4 is 4.72 Å². The lowest BCUT2D eigenvalue weighted by Gasteiger charge is -2.42. The lowest BCUT2D eigenvalue weighted by atomic mass is 9.77. The van der Waals surface area contributed by atoms with Crippen LogP contribution in [0.1, 0.15) is 49.9 Å². The molecule has 1 aromatic carbocycles. The van der Waals surface area contributed by atoms with Gasteiger partial charge in [0, 0.05) is 11.1 Å². The molecule has 3 aromatic rings. The van der Waals surface area contributed by atoms with Crippen LogP contribution in [0, 0.1) is 6.92 Å². The maximum absolute atomic E-state index is 13.7. The first kappa shape index (κ1) is 24.1. The van der Waals surface area contributed by atoms with Gasteiger partial charge in [0.15, 0.2) is 0 Å². The molecule has 8 nitrogen and oxygen atoms in total. The quantitative estimate of drug-likeness (QED) is 0.491. The van der Waals surface area contributed by atoms with Crippen LogP contribution in [0.2, 0.25) is 0 Å². The molecule has 13 heteroatoms. The average Bonchev–Trinajstić information content (AvgIpc) is 3.15. The highest BCUT2D eigenvalue weighted by Crippen LogP contribution is 2.40. The van der Waals surface area contributed by atoms with Gasteiger partial charge in [0.25, 0.3) is 0 Å². The van der Waals surface area contributed by atoms with Crippen LogP contribution in [-0.2, 0) is 21.8 Å². The largest absolute Gasteiger partial charge is 0.417 e. The third kappa shape index (κ3) is 4.39. The number of halogens is 3. The topological polar surface area (TPSA) is 117 Å². The average molecular weight is 505 g/mol. The fourth-order valence-corrected chi connectivity index (χ4v) is 6.62. The second kappa shape index (κ2) is 7.47. The number of aliphatic hydroxyl groups is 2. The van der Waals surface area contributed by atoms with Gasteiger partial charge in [0.2, 0.25) is 15.0 Å². The fourth-order valence-electron chi connectivity index (χ4n) is 4.00. The van der Waals surface area contributed by atoms with Crippen LogP contribution in [0.25, 0.3) is 16.2 Å². The first-order chi connectivity index (χ1) is 15.0. The van der Waals surface area contributed by atoms with E-state index in [4.69, 9.17) is 0 Å². The third-order valence-electron chi connectivity index (χ3n) is 5.50. The molecule has 3 N–H and O–H groups in total. The van der Waals surface area contributed by atoms with Crippen molar-refractivity contribution >= 4 is 26.3 Å². The van der Waals surface area contributed by atoms with Crippen molar-refractivity contribution in [3.8, 4) is 11.3 Å². The molecule has 1 fully saturated rings. The minimum Gasteiger partial charge on any atom is -0.393 e. The number of rotatable bonds is 5. The number of hydrogen-bond donors (Lipinski definition) is 3. The Morgan fingerprint density at radius 3 is 2.45 bits per heavy atom. The highest BCUT2D eigenvalue weighted by molar-refractivity contribution is 7.89. The Balaban J connectivity index is 1.87. The maximum atomic E-state index is 13.7. The lowest BCUT2D eigenvalue weighted by Crippen LogP contribution is -2.57. The van der Waals surface area contributed by atoms with Crippen molar-refractivity contribution in [3.05, 3.63) is 34.5 Å². The van der Waals surface area contributed by atoms with E-state index in [-0.39, 0.29) is 18.4 Å². The van der Waals surface area contributed by atoms with E-state index >= 15 is 0 Å². The molecular weight excluding hydrogens is 481 g/mol. The van der Waals surface area contributed by atoms with E-state index in [1.165, 1.54) is 17.5 Å². The highest BCUT2D eigenvalue weighted by atomic mass is 32.2.